The number of hydrogen-bond donors (Lipinski definition) is 0. The summed E-state index contributed by atoms with van der Waals surface area (Å²) in [4.78, 5) is 18.2. The van der Waals surface area contributed by atoms with Crippen LogP contribution in [0.5, 0.6) is 0 Å². The van der Waals surface area contributed by atoms with Crippen molar-refractivity contribution in [2.24, 2.45) is 5.92 Å². The molecule has 1 unspecified atom stereocenters. The number of ether oxygens (including phenoxy) is 1. The Kier molecular flexibility index (Phi) is 5.28. The molecule has 1 fully saturated rings. The van der Waals surface area contributed by atoms with Crippen LogP contribution in [0.15, 0.2) is 36.5 Å². The minimum absolute atomic E-state index is 0.259. The maximum Gasteiger partial charge on any atom is 0.409 e. The van der Waals surface area contributed by atoms with Crippen molar-refractivity contribution in [3.63, 3.8) is 0 Å². The third-order valence-electron chi connectivity index (χ3n) is 5.94. The Morgan fingerprint density at radius 3 is 2.79 bits per heavy atom. The highest BCUT2D eigenvalue weighted by Gasteiger charge is 2.48. The minimum Gasteiger partial charge on any atom is -0.450 e. The molecule has 1 atom stereocenters. The number of alkyl halides is 1. The van der Waals surface area contributed by atoms with Crippen LogP contribution in [0.25, 0.3) is 0 Å². The van der Waals surface area contributed by atoms with Gasteiger partial charge in [-0.3, -0.25) is 4.98 Å². The van der Waals surface area contributed by atoms with E-state index in [-0.39, 0.29) is 12.0 Å². The molecule has 1 aromatic carbocycles. The lowest BCUT2D eigenvalue weighted by molar-refractivity contribution is 0.0476. The van der Waals surface area contributed by atoms with Crippen molar-refractivity contribution in [2.45, 2.75) is 38.3 Å². The average Bonchev–Trinajstić information content (AvgIpc) is 2.84. The van der Waals surface area contributed by atoms with Gasteiger partial charge in [0.15, 0.2) is 5.67 Å². The number of amides is 1. The van der Waals surface area contributed by atoms with E-state index < -0.39 is 5.67 Å². The number of likely N-dealkylation sites (tertiary alicyclic amines) is 1. The zero-order valence-electron chi connectivity index (χ0n) is 16.0. The lowest BCUT2D eigenvalue weighted by Crippen LogP contribution is -2.45. The fourth-order valence-corrected chi connectivity index (χ4v) is 4.77. The predicted molar refractivity (Wildman–Crippen MR) is 106 cm³/mol. The first-order valence-electron chi connectivity index (χ1n) is 9.88. The molecule has 4 rings (SSSR count). The molecule has 2 aliphatic rings. The number of fused-ring (bicyclic) bond motifs is 2. The molecule has 0 radical (unpaired) electrons. The van der Waals surface area contributed by atoms with Gasteiger partial charge in [-0.25, -0.2) is 9.18 Å². The molecule has 2 aromatic rings. The standard InChI is InChI=1S/C22H24ClFN2O2/c1-2-28-21(27)26-12-9-17(10-13-26)22(24)19-8-7-18(23)14-16(19)6-5-15-4-3-11-25-20(15)22/h3-4,7-8,11,14,17H,2,5-6,9-10,12-13H2,1H3. The monoisotopic (exact) mass is 402 g/mol. The fourth-order valence-electron chi connectivity index (χ4n) is 4.58. The van der Waals surface area contributed by atoms with Crippen molar-refractivity contribution in [1.82, 2.24) is 9.88 Å². The number of aromatic nitrogens is 1. The number of benzene rings is 1. The minimum atomic E-state index is -1.69. The molecule has 28 heavy (non-hydrogen) atoms. The quantitative estimate of drug-likeness (QED) is 0.716. The zero-order valence-corrected chi connectivity index (χ0v) is 16.7. The van der Waals surface area contributed by atoms with E-state index in [0.717, 1.165) is 24.0 Å². The summed E-state index contributed by atoms with van der Waals surface area (Å²) in [5.74, 6) is -0.259. The first-order valence-corrected chi connectivity index (χ1v) is 10.3. The molecule has 0 N–H and O–H groups in total. The third-order valence-corrected chi connectivity index (χ3v) is 6.18. The third kappa shape index (κ3) is 3.26. The highest BCUT2D eigenvalue weighted by Crippen LogP contribution is 2.49. The van der Waals surface area contributed by atoms with Gasteiger partial charge in [0.2, 0.25) is 0 Å². The van der Waals surface area contributed by atoms with Crippen LogP contribution in [0.3, 0.4) is 0 Å². The Labute approximate surface area is 169 Å². The maximum absolute atomic E-state index is 17.1. The van der Waals surface area contributed by atoms with E-state index in [1.165, 1.54) is 0 Å². The molecule has 1 aromatic heterocycles. The van der Waals surface area contributed by atoms with Gasteiger partial charge < -0.3 is 9.64 Å². The number of halogens is 2. The molecule has 0 saturated carbocycles. The van der Waals surface area contributed by atoms with Gasteiger partial charge >= 0.3 is 6.09 Å². The fraction of sp³-hybridized carbons (Fsp3) is 0.455. The van der Waals surface area contributed by atoms with Crippen molar-refractivity contribution in [2.75, 3.05) is 19.7 Å². The molecule has 1 saturated heterocycles. The summed E-state index contributed by atoms with van der Waals surface area (Å²) in [6.07, 6.45) is 3.95. The van der Waals surface area contributed by atoms with Crippen LogP contribution in [0.2, 0.25) is 5.02 Å². The van der Waals surface area contributed by atoms with Gasteiger partial charge in [-0.15, -0.1) is 0 Å². The number of pyridine rings is 1. The number of rotatable bonds is 2. The van der Waals surface area contributed by atoms with E-state index in [1.54, 1.807) is 24.1 Å². The first-order chi connectivity index (χ1) is 13.5. The lowest BCUT2D eigenvalue weighted by atomic mass is 9.74. The topological polar surface area (TPSA) is 42.4 Å². The van der Waals surface area contributed by atoms with E-state index in [2.05, 4.69) is 4.98 Å². The van der Waals surface area contributed by atoms with E-state index >= 15 is 4.39 Å². The summed E-state index contributed by atoms with van der Waals surface area (Å²) in [7, 11) is 0. The highest BCUT2D eigenvalue weighted by atomic mass is 35.5. The summed E-state index contributed by atoms with van der Waals surface area (Å²) in [6, 6.07) is 9.30. The molecular formula is C22H24ClFN2O2. The van der Waals surface area contributed by atoms with Crippen molar-refractivity contribution >= 4 is 17.7 Å². The smallest absolute Gasteiger partial charge is 0.409 e. The number of carbonyl (C=O) groups is 1. The molecule has 1 amide bonds. The average molecular weight is 403 g/mol. The number of aryl methyl sites for hydroxylation is 2. The first kappa shape index (κ1) is 19.2. The summed E-state index contributed by atoms with van der Waals surface area (Å²) in [5.41, 5.74) is 1.40. The Hall–Kier alpha value is -2.14. The molecule has 1 aliphatic heterocycles. The van der Waals surface area contributed by atoms with Crippen LogP contribution in [0.1, 0.15) is 42.1 Å². The molecular weight excluding hydrogens is 379 g/mol. The second kappa shape index (κ2) is 7.70. The van der Waals surface area contributed by atoms with Gasteiger partial charge in [0.05, 0.1) is 12.3 Å². The Bertz CT molecular complexity index is 883. The van der Waals surface area contributed by atoms with Crippen molar-refractivity contribution in [1.29, 1.82) is 0 Å². The van der Waals surface area contributed by atoms with Crippen LogP contribution in [-0.2, 0) is 23.2 Å². The summed E-state index contributed by atoms with van der Waals surface area (Å²) >= 11 is 6.21. The molecule has 1 aliphatic carbocycles. The summed E-state index contributed by atoms with van der Waals surface area (Å²) < 4.78 is 22.2. The van der Waals surface area contributed by atoms with E-state index in [0.29, 0.717) is 48.8 Å². The van der Waals surface area contributed by atoms with Gasteiger partial charge in [0.1, 0.15) is 0 Å². The van der Waals surface area contributed by atoms with E-state index in [9.17, 15) is 4.79 Å². The molecule has 0 spiro atoms. The van der Waals surface area contributed by atoms with E-state index in [1.807, 2.05) is 24.3 Å². The van der Waals surface area contributed by atoms with Crippen molar-refractivity contribution < 1.29 is 13.9 Å². The molecule has 0 bridgehead atoms. The van der Waals surface area contributed by atoms with Crippen molar-refractivity contribution in [3.05, 3.63) is 63.9 Å². The van der Waals surface area contributed by atoms with Gasteiger partial charge in [0.25, 0.3) is 0 Å². The second-order valence-electron chi connectivity index (χ2n) is 7.48. The predicted octanol–water partition coefficient (Wildman–Crippen LogP) is 4.92. The Balaban J connectivity index is 1.72. The number of piperidine rings is 1. The number of carbonyl (C=O) groups excluding carboxylic acids is 1. The Morgan fingerprint density at radius 2 is 2.04 bits per heavy atom. The van der Waals surface area contributed by atoms with Crippen LogP contribution in [-0.4, -0.2) is 35.7 Å². The highest BCUT2D eigenvalue weighted by molar-refractivity contribution is 6.30. The lowest BCUT2D eigenvalue weighted by Gasteiger charge is -2.40. The summed E-state index contributed by atoms with van der Waals surface area (Å²) in [5, 5.41) is 0.622. The molecule has 4 nitrogen and oxygen atoms in total. The maximum atomic E-state index is 17.1. The Morgan fingerprint density at radius 1 is 1.29 bits per heavy atom. The van der Waals surface area contributed by atoms with Gasteiger partial charge in [-0.1, -0.05) is 23.7 Å². The van der Waals surface area contributed by atoms with Crippen LogP contribution in [0.4, 0.5) is 9.18 Å². The zero-order chi connectivity index (χ0) is 19.7. The molecule has 148 valence electrons. The van der Waals surface area contributed by atoms with Gasteiger partial charge in [-0.2, -0.15) is 0 Å². The van der Waals surface area contributed by atoms with E-state index in [4.69, 9.17) is 16.3 Å². The van der Waals surface area contributed by atoms with Crippen molar-refractivity contribution in [3.8, 4) is 0 Å². The van der Waals surface area contributed by atoms with Gasteiger partial charge in [-0.05, 0) is 67.5 Å². The molecule has 6 heteroatoms. The molecule has 2 heterocycles. The number of nitrogens with zero attached hydrogens (tertiary/aromatic N) is 2. The largest absolute Gasteiger partial charge is 0.450 e. The van der Waals surface area contributed by atoms with Crippen LogP contribution < -0.4 is 0 Å². The van der Waals surface area contributed by atoms with Crippen LogP contribution in [0, 0.1) is 5.92 Å². The summed E-state index contributed by atoms with van der Waals surface area (Å²) in [6.45, 7) is 3.11. The second-order valence-corrected chi connectivity index (χ2v) is 7.92. The van der Waals surface area contributed by atoms with Crippen LogP contribution >= 0.6 is 11.6 Å². The SMILES string of the molecule is CCOC(=O)N1CCC(C2(F)c3ccc(Cl)cc3CCc3cccnc32)CC1. The number of hydrogen-bond acceptors (Lipinski definition) is 3. The normalized spacial score (nSPS) is 22.2. The van der Waals surface area contributed by atoms with Gasteiger partial charge in [0, 0.05) is 30.2 Å².